The zero-order valence-electron chi connectivity index (χ0n) is 68.5. The zero-order valence-corrected chi connectivity index (χ0v) is 70.9. The summed E-state index contributed by atoms with van der Waals surface area (Å²) >= 11 is 0. The molecule has 0 amide bonds. The second kappa shape index (κ2) is 43.1. The Balaban J connectivity index is 0.000000162. The smallest absolute Gasteiger partial charge is 0.306 e. The van der Waals surface area contributed by atoms with Gasteiger partial charge in [0.25, 0.3) is 0 Å². The lowest BCUT2D eigenvalue weighted by molar-refractivity contribution is -0.153. The minimum atomic E-state index is -3.83. The van der Waals surface area contributed by atoms with Crippen LogP contribution in [0.15, 0.2) is 160 Å². The molecule has 22 nitrogen and oxygen atoms in total. The average Bonchev–Trinajstić information content (AvgIpc) is 1.75. The van der Waals surface area contributed by atoms with Crippen molar-refractivity contribution in [3.05, 3.63) is 196 Å². The molecule has 0 aromatic heterocycles. The molecule has 4 saturated heterocycles. The van der Waals surface area contributed by atoms with Gasteiger partial charge in [-0.05, 0) is 175 Å². The molecule has 0 bridgehead atoms. The molecular weight excluding hydrogens is 1550 g/mol. The van der Waals surface area contributed by atoms with Crippen molar-refractivity contribution in [3.8, 4) is 0 Å². The molecule has 0 spiro atoms. The van der Waals surface area contributed by atoms with Gasteiger partial charge in [-0.2, -0.15) is 12.9 Å². The fourth-order valence-electron chi connectivity index (χ4n) is 18.0. The third kappa shape index (κ3) is 25.2. The van der Waals surface area contributed by atoms with Gasteiger partial charge >= 0.3 is 17.9 Å². The maximum Gasteiger partial charge on any atom is 0.306 e. The van der Waals surface area contributed by atoms with Crippen LogP contribution in [0.5, 0.6) is 0 Å². The van der Waals surface area contributed by atoms with Gasteiger partial charge in [0.2, 0.25) is 30.1 Å². The number of hydrogen-bond acceptors (Lipinski definition) is 19. The Hall–Kier alpha value is -6.82. The summed E-state index contributed by atoms with van der Waals surface area (Å²) in [7, 11) is -11.5. The number of sulfonamides is 3. The van der Waals surface area contributed by atoms with E-state index in [0.717, 1.165) is 172 Å². The van der Waals surface area contributed by atoms with E-state index in [1.54, 1.807) is 18.2 Å². The topological polar surface area (TPSA) is 289 Å². The van der Waals surface area contributed by atoms with Gasteiger partial charge in [0.05, 0.1) is 90.7 Å². The van der Waals surface area contributed by atoms with Gasteiger partial charge in [-0.15, -0.1) is 0 Å². The van der Waals surface area contributed by atoms with E-state index in [-0.39, 0.29) is 87.5 Å². The fraction of sp³-hybridized carbons (Fsp3) is 0.576. The molecule has 7 aliphatic heterocycles. The van der Waals surface area contributed by atoms with Crippen molar-refractivity contribution in [3.63, 3.8) is 0 Å². The summed E-state index contributed by atoms with van der Waals surface area (Å²) in [6.45, 7) is 9.38. The van der Waals surface area contributed by atoms with Crippen molar-refractivity contribution in [2.45, 2.75) is 251 Å². The highest BCUT2D eigenvalue weighted by molar-refractivity contribution is 7.89. The first-order chi connectivity index (χ1) is 56.4. The summed E-state index contributed by atoms with van der Waals surface area (Å²) in [5.74, 6) is -2.13. The number of aryl methyl sites for hydroxylation is 6. The molecule has 0 radical (unpaired) electrons. The molecule has 25 heteroatoms. The zero-order chi connectivity index (χ0) is 82.5. The van der Waals surface area contributed by atoms with Crippen LogP contribution in [0.3, 0.4) is 0 Å². The van der Waals surface area contributed by atoms with E-state index >= 15 is 0 Å². The maximum absolute atomic E-state index is 13.9. The molecule has 8 aliphatic rings. The Morgan fingerprint density at radius 3 is 1.20 bits per heavy atom. The number of fused-ring (bicyclic) bond motifs is 5. The second-order valence-corrected chi connectivity index (χ2v) is 39.4. The van der Waals surface area contributed by atoms with Crippen LogP contribution in [0.1, 0.15) is 178 Å². The first-order valence-corrected chi connectivity index (χ1v) is 47.2. The lowest BCUT2D eigenvalue weighted by Gasteiger charge is -2.30. The number of esters is 3. The monoisotopic (exact) mass is 1670 g/mol. The van der Waals surface area contributed by atoms with E-state index in [9.17, 15) is 55.0 Å². The van der Waals surface area contributed by atoms with Gasteiger partial charge in [0, 0.05) is 76.5 Å². The Morgan fingerprint density at radius 1 is 0.419 bits per heavy atom. The van der Waals surface area contributed by atoms with Gasteiger partial charge in [-0.1, -0.05) is 183 Å². The molecule has 3 N–H and O–H groups in total. The van der Waals surface area contributed by atoms with Gasteiger partial charge in [0.15, 0.2) is 6.29 Å². The van der Waals surface area contributed by atoms with Gasteiger partial charge < -0.3 is 48.5 Å². The molecule has 13 atom stereocenters. The fourth-order valence-corrected chi connectivity index (χ4v) is 23.2. The number of nitrogens with zero attached hydrogens (tertiary/aromatic N) is 3. The molecule has 5 fully saturated rings. The third-order valence-electron chi connectivity index (χ3n) is 24.6. The predicted octanol–water partition coefficient (Wildman–Crippen LogP) is 12.9. The molecular formula is C92H123N3O19S3. The van der Waals surface area contributed by atoms with Crippen LogP contribution < -0.4 is 0 Å². The number of aliphatic hydroxyl groups is 3. The molecule has 6 aromatic carbocycles. The summed E-state index contributed by atoms with van der Waals surface area (Å²) < 4.78 is 127. The van der Waals surface area contributed by atoms with Crippen molar-refractivity contribution < 1.29 is 88.1 Å². The van der Waals surface area contributed by atoms with Crippen molar-refractivity contribution in [2.24, 2.45) is 29.6 Å². The van der Waals surface area contributed by atoms with Crippen molar-refractivity contribution in [1.82, 2.24) is 12.9 Å². The van der Waals surface area contributed by atoms with Crippen LogP contribution in [0.25, 0.3) is 0 Å². The van der Waals surface area contributed by atoms with Crippen molar-refractivity contribution >= 4 is 48.0 Å². The molecule has 14 rings (SSSR count). The first kappa shape index (κ1) is 89.4. The average molecular weight is 1670 g/mol. The van der Waals surface area contributed by atoms with E-state index in [2.05, 4.69) is 0 Å². The number of ether oxygens (including phenoxy) is 7. The number of carbonyl (C=O) groups excluding carboxylic acids is 3. The molecule has 638 valence electrons. The standard InChI is InChI=1S/C32H43NO6S.C31H41NO7S.C29H39NO6S/c1-23-12-13-31-26(17-23)11-7-2-3-8-15-33(40(31,36)37)22-29(34)27(18-24-9-5-4-6-10-24)20-32(35)39-28-19-25-14-16-38-30(25)21-28;1-22-12-13-29-24(17-22)11-7-2-3-8-15-32(40(29,35)36)20-27(33)25(18-23-9-5-4-6-10-23)19-30(34)39-28-21-38-31-26(28)14-16-37-31;1-22-12-13-28-24(17-22)11-7-2-3-8-15-30(37(28,33)34)20-27(31)25(18-23-9-5-4-6-10-23)19-29(32)36-26-14-16-35-21-26/h4-6,9-10,12-13,17,25,27-30,34H,2-3,7-8,11,14-16,18-22H2,1H3;4-6,9-10,12-13,17,25-28,31,33H,2-3,7-8,11,14-16,18-21H2,1H3;4-6,9-10,12-13,17,25-27,31H,2-3,7-8,11,14-16,18-21H2,1H3/t25?,27-,28?,29?,30-;25-,26?,27?,28?,31-;25-,26?,27?/m111/s1. The Bertz CT molecular complexity index is 4520. The largest absolute Gasteiger partial charge is 0.462 e. The summed E-state index contributed by atoms with van der Waals surface area (Å²) in [5, 5.41) is 34.5. The molecule has 6 aromatic rings. The maximum atomic E-state index is 13.9. The minimum Gasteiger partial charge on any atom is -0.462 e. The van der Waals surface area contributed by atoms with Gasteiger partial charge in [0.1, 0.15) is 18.3 Å². The number of benzene rings is 6. The molecule has 7 heterocycles. The van der Waals surface area contributed by atoms with E-state index in [1.165, 1.54) is 12.9 Å². The Morgan fingerprint density at radius 2 is 0.803 bits per heavy atom. The molecule has 117 heavy (non-hydrogen) atoms. The van der Waals surface area contributed by atoms with Crippen LogP contribution >= 0.6 is 0 Å². The van der Waals surface area contributed by atoms with E-state index in [1.807, 2.05) is 148 Å². The van der Waals surface area contributed by atoms with Crippen molar-refractivity contribution in [1.29, 1.82) is 0 Å². The highest BCUT2D eigenvalue weighted by atomic mass is 32.2. The molecule has 1 aliphatic carbocycles. The van der Waals surface area contributed by atoms with Gasteiger partial charge in [-0.25, -0.2) is 25.3 Å². The Kier molecular flexibility index (Phi) is 32.9. The molecule has 1 saturated carbocycles. The van der Waals surface area contributed by atoms with Crippen LogP contribution in [0.4, 0.5) is 0 Å². The lowest BCUT2D eigenvalue weighted by Crippen LogP contribution is -2.42. The molecule has 8 unspecified atom stereocenters. The van der Waals surface area contributed by atoms with Crippen LogP contribution in [0, 0.1) is 50.4 Å². The van der Waals surface area contributed by atoms with E-state index in [4.69, 9.17) is 33.2 Å². The van der Waals surface area contributed by atoms with Crippen LogP contribution in [-0.2, 0) is 116 Å². The SMILES string of the molecule is Cc1ccc2c(c1)CCCCCCN(CC(O)[C@@H](CC(=O)OC1CC3CCO[C@@H]3C1)Cc1ccccc1)S2(=O)=O.Cc1ccc2c(c1)CCCCCCN(CC(O)[C@@H](CC(=O)OC1CCOC1)Cc1ccccc1)S2(=O)=O.Cc1ccc2c(c1)CCCCCCN(CC(O)[C@@H](CC(=O)OC1CO[C@H]3OCCC13)Cc1ccccc1)S2(=O)=O. The van der Waals surface area contributed by atoms with E-state index in [0.29, 0.717) is 98.8 Å². The number of carbonyl (C=O) groups is 3. The number of hydrogen-bond donors (Lipinski definition) is 3. The highest BCUT2D eigenvalue weighted by Crippen LogP contribution is 2.39. The summed E-state index contributed by atoms with van der Waals surface area (Å²) in [5.41, 5.74) is 8.56. The Labute approximate surface area is 693 Å². The second-order valence-electron chi connectivity index (χ2n) is 33.6. The van der Waals surface area contributed by atoms with Crippen molar-refractivity contribution in [2.75, 3.05) is 72.3 Å². The highest BCUT2D eigenvalue weighted by Gasteiger charge is 2.46. The summed E-state index contributed by atoms with van der Waals surface area (Å²) in [6, 6.07) is 45.6. The normalized spacial score (nSPS) is 25.0. The summed E-state index contributed by atoms with van der Waals surface area (Å²) in [6.07, 6.45) is 14.5. The van der Waals surface area contributed by atoms with Gasteiger partial charge in [-0.3, -0.25) is 14.4 Å². The first-order valence-electron chi connectivity index (χ1n) is 42.9. The number of rotatable bonds is 24. The summed E-state index contributed by atoms with van der Waals surface area (Å²) in [4.78, 5) is 40.0. The van der Waals surface area contributed by atoms with E-state index < -0.39 is 72.1 Å². The van der Waals surface area contributed by atoms with Crippen LogP contribution in [-0.4, -0.2) is 193 Å². The third-order valence-corrected chi connectivity index (χ3v) is 30.5. The lowest BCUT2D eigenvalue weighted by atomic mass is 9.90. The number of β-amino-alcohol motifs (C(OH)–C–C–N with tert-alkyl or cyclic N) is 3. The predicted molar refractivity (Wildman–Crippen MR) is 445 cm³/mol. The number of aliphatic hydroxyl groups excluding tert-OH is 3. The van der Waals surface area contributed by atoms with Crippen LogP contribution in [0.2, 0.25) is 0 Å². The quantitative estimate of drug-likeness (QED) is 0.0375. The minimum absolute atomic E-state index is 0.0101.